The number of rotatable bonds is 9. The summed E-state index contributed by atoms with van der Waals surface area (Å²) in [5, 5.41) is 0. The van der Waals surface area contributed by atoms with E-state index in [1.807, 2.05) is 12.1 Å². The van der Waals surface area contributed by atoms with Crippen LogP contribution >= 0.6 is 0 Å². The summed E-state index contributed by atoms with van der Waals surface area (Å²) >= 11 is 0. The second-order valence-electron chi connectivity index (χ2n) is 8.71. The normalized spacial score (nSPS) is 10.8. The average molecular weight is 505 g/mol. The molecule has 0 atom stereocenters. The second kappa shape index (κ2) is 11.8. The molecule has 4 rings (SSSR count). The van der Waals surface area contributed by atoms with Gasteiger partial charge >= 0.3 is 5.97 Å². The first-order chi connectivity index (χ1) is 17.9. The Morgan fingerprint density at radius 3 is 2.05 bits per heavy atom. The van der Waals surface area contributed by atoms with E-state index in [4.69, 9.17) is 9.47 Å². The summed E-state index contributed by atoms with van der Waals surface area (Å²) < 4.78 is 54.1. The summed E-state index contributed by atoms with van der Waals surface area (Å²) in [6, 6.07) is 20.4. The molecule has 0 radical (unpaired) electrons. The van der Waals surface area contributed by atoms with Crippen molar-refractivity contribution in [2.75, 3.05) is 7.11 Å². The first kappa shape index (κ1) is 26.0. The number of carbonyl (C=O) groups excluding carboxylic acids is 1. The van der Waals surface area contributed by atoms with Crippen molar-refractivity contribution < 1.29 is 27.4 Å². The quantitative estimate of drug-likeness (QED) is 0.130. The Morgan fingerprint density at radius 1 is 0.757 bits per heavy atom. The van der Waals surface area contributed by atoms with Crippen LogP contribution in [0.1, 0.15) is 42.1 Å². The molecule has 0 spiro atoms. The van der Waals surface area contributed by atoms with Crippen molar-refractivity contribution in [2.24, 2.45) is 0 Å². The van der Waals surface area contributed by atoms with Crippen molar-refractivity contribution in [1.29, 1.82) is 0 Å². The third kappa shape index (κ3) is 6.02. The Balaban J connectivity index is 1.47. The zero-order valence-electron chi connectivity index (χ0n) is 20.7. The van der Waals surface area contributed by atoms with Gasteiger partial charge in [0.05, 0.1) is 12.7 Å². The van der Waals surface area contributed by atoms with Crippen LogP contribution in [0.2, 0.25) is 0 Å². The molecule has 190 valence electrons. The van der Waals surface area contributed by atoms with Crippen LogP contribution in [0.15, 0.2) is 78.9 Å². The highest BCUT2D eigenvalue weighted by atomic mass is 19.2. The molecule has 0 saturated carbocycles. The Morgan fingerprint density at radius 2 is 1.41 bits per heavy atom. The monoisotopic (exact) mass is 504 g/mol. The second-order valence-corrected chi connectivity index (χ2v) is 8.71. The number of carbonyl (C=O) groups is 1. The molecular formula is C31H27F3O3. The van der Waals surface area contributed by atoms with Crippen molar-refractivity contribution in [1.82, 2.24) is 0 Å². The van der Waals surface area contributed by atoms with Crippen molar-refractivity contribution in [3.63, 3.8) is 0 Å². The van der Waals surface area contributed by atoms with E-state index >= 15 is 0 Å². The van der Waals surface area contributed by atoms with E-state index < -0.39 is 29.2 Å². The first-order valence-corrected chi connectivity index (χ1v) is 12.1. The van der Waals surface area contributed by atoms with Crippen LogP contribution in [0.4, 0.5) is 13.2 Å². The number of benzene rings is 4. The fraction of sp³-hybridized carbons (Fsp3) is 0.194. The van der Waals surface area contributed by atoms with Crippen molar-refractivity contribution in [3.8, 4) is 33.8 Å². The molecule has 0 aliphatic rings. The van der Waals surface area contributed by atoms with E-state index in [-0.39, 0.29) is 11.1 Å². The molecule has 3 nitrogen and oxygen atoms in total. The van der Waals surface area contributed by atoms with Gasteiger partial charge in [0, 0.05) is 17.2 Å². The Bertz CT molecular complexity index is 1380. The molecule has 0 aliphatic heterocycles. The summed E-state index contributed by atoms with van der Waals surface area (Å²) in [7, 11) is 1.45. The summed E-state index contributed by atoms with van der Waals surface area (Å²) in [4.78, 5) is 12.6. The molecule has 4 aromatic carbocycles. The van der Waals surface area contributed by atoms with Gasteiger partial charge in [0.2, 0.25) is 5.82 Å². The van der Waals surface area contributed by atoms with E-state index in [0.717, 1.165) is 31.2 Å². The zero-order valence-corrected chi connectivity index (χ0v) is 20.7. The smallest absolute Gasteiger partial charge is 0.343 e. The molecule has 0 heterocycles. The van der Waals surface area contributed by atoms with Gasteiger partial charge in [0.15, 0.2) is 11.6 Å². The molecule has 0 aromatic heterocycles. The molecular weight excluding hydrogens is 477 g/mol. The van der Waals surface area contributed by atoms with Crippen molar-refractivity contribution >= 4 is 5.97 Å². The summed E-state index contributed by atoms with van der Waals surface area (Å²) in [6.07, 6.45) is 4.30. The maximum atomic E-state index is 14.9. The molecule has 4 aromatic rings. The van der Waals surface area contributed by atoms with E-state index in [1.54, 1.807) is 36.4 Å². The topological polar surface area (TPSA) is 35.5 Å². The third-order valence-electron chi connectivity index (χ3n) is 6.19. The standard InChI is InChI=1S/C31H27F3O3/c1-3-4-5-6-20-7-9-22(10-8-20)26-17-18-28(30(34)29(26)33)37-31(35)23-13-11-21(12-14-23)25-16-15-24(36-2)19-27(25)32/h7-19H,3-6H2,1-2H3. The minimum Gasteiger partial charge on any atom is -0.497 e. The van der Waals surface area contributed by atoms with Crippen molar-refractivity contribution in [2.45, 2.75) is 32.6 Å². The zero-order chi connectivity index (χ0) is 26.4. The first-order valence-electron chi connectivity index (χ1n) is 12.1. The van der Waals surface area contributed by atoms with Crippen LogP contribution in [0.25, 0.3) is 22.3 Å². The van der Waals surface area contributed by atoms with Gasteiger partial charge in [-0.15, -0.1) is 0 Å². The largest absolute Gasteiger partial charge is 0.497 e. The van der Waals surface area contributed by atoms with Crippen LogP contribution in [-0.2, 0) is 6.42 Å². The van der Waals surface area contributed by atoms with E-state index in [2.05, 4.69) is 6.92 Å². The molecule has 0 amide bonds. The molecule has 0 aliphatic carbocycles. The van der Waals surface area contributed by atoms with Crippen LogP contribution in [-0.4, -0.2) is 13.1 Å². The number of hydrogen-bond acceptors (Lipinski definition) is 3. The van der Waals surface area contributed by atoms with E-state index in [0.29, 0.717) is 22.4 Å². The van der Waals surface area contributed by atoms with Gasteiger partial charge in [0.1, 0.15) is 11.6 Å². The molecule has 0 fully saturated rings. The number of ether oxygens (including phenoxy) is 2. The molecule has 37 heavy (non-hydrogen) atoms. The lowest BCUT2D eigenvalue weighted by atomic mass is 10.0. The number of unbranched alkanes of at least 4 members (excludes halogenated alkanes) is 2. The predicted octanol–water partition coefficient (Wildman–Crippen LogP) is 8.40. The third-order valence-corrected chi connectivity index (χ3v) is 6.19. The average Bonchev–Trinajstić information content (AvgIpc) is 2.92. The van der Waals surface area contributed by atoms with E-state index in [1.165, 1.54) is 37.4 Å². The highest BCUT2D eigenvalue weighted by Crippen LogP contribution is 2.31. The minimum atomic E-state index is -1.24. The molecule has 0 saturated heterocycles. The molecule has 0 bridgehead atoms. The number of methoxy groups -OCH3 is 1. The number of hydrogen-bond donors (Lipinski definition) is 0. The Labute approximate surface area is 214 Å². The number of aryl methyl sites for hydroxylation is 1. The van der Waals surface area contributed by atoms with Gasteiger partial charge in [-0.1, -0.05) is 56.2 Å². The molecule has 0 unspecified atom stereocenters. The lowest BCUT2D eigenvalue weighted by Crippen LogP contribution is -2.10. The SMILES string of the molecule is CCCCCc1ccc(-c2ccc(OC(=O)c3ccc(-c4ccc(OC)cc4F)cc3)c(F)c2F)cc1. The van der Waals surface area contributed by atoms with E-state index in [9.17, 15) is 18.0 Å². The fourth-order valence-electron chi connectivity index (χ4n) is 4.07. The van der Waals surface area contributed by atoms with Gasteiger partial charge < -0.3 is 9.47 Å². The van der Waals surface area contributed by atoms with Gasteiger partial charge in [-0.25, -0.2) is 13.6 Å². The van der Waals surface area contributed by atoms with Gasteiger partial charge in [-0.05, 0) is 65.9 Å². The lowest BCUT2D eigenvalue weighted by molar-refractivity contribution is 0.0727. The maximum absolute atomic E-state index is 14.9. The molecule has 0 N–H and O–H groups in total. The fourth-order valence-corrected chi connectivity index (χ4v) is 4.07. The van der Waals surface area contributed by atoms with Gasteiger partial charge in [0.25, 0.3) is 0 Å². The van der Waals surface area contributed by atoms with Gasteiger partial charge in [-0.3, -0.25) is 0 Å². The predicted molar refractivity (Wildman–Crippen MR) is 138 cm³/mol. The van der Waals surface area contributed by atoms with Crippen LogP contribution in [0, 0.1) is 17.5 Å². The Kier molecular flexibility index (Phi) is 8.29. The van der Waals surface area contributed by atoms with Crippen LogP contribution in [0.3, 0.4) is 0 Å². The number of halogens is 3. The highest BCUT2D eigenvalue weighted by Gasteiger charge is 2.19. The summed E-state index contributed by atoms with van der Waals surface area (Å²) in [5.74, 6) is -3.78. The van der Waals surface area contributed by atoms with Gasteiger partial charge in [-0.2, -0.15) is 4.39 Å². The molecule has 6 heteroatoms. The van der Waals surface area contributed by atoms with Crippen molar-refractivity contribution in [3.05, 3.63) is 107 Å². The Hall–Kier alpha value is -4.06. The lowest BCUT2D eigenvalue weighted by Gasteiger charge is -2.11. The summed E-state index contributed by atoms with van der Waals surface area (Å²) in [5.41, 5.74) is 2.75. The highest BCUT2D eigenvalue weighted by molar-refractivity contribution is 5.91. The number of esters is 1. The van der Waals surface area contributed by atoms with Crippen LogP contribution < -0.4 is 9.47 Å². The summed E-state index contributed by atoms with van der Waals surface area (Å²) in [6.45, 7) is 2.14. The minimum absolute atomic E-state index is 0.0864. The maximum Gasteiger partial charge on any atom is 0.343 e. The van der Waals surface area contributed by atoms with Crippen LogP contribution in [0.5, 0.6) is 11.5 Å².